The number of aromatic amines is 1. The molecule has 0 radical (unpaired) electrons. The van der Waals surface area contributed by atoms with Crippen molar-refractivity contribution in [2.75, 3.05) is 17.7 Å². The molecule has 2 heterocycles. The first-order chi connectivity index (χ1) is 9.19. The van der Waals surface area contributed by atoms with Crippen LogP contribution < -0.4 is 15.8 Å². The summed E-state index contributed by atoms with van der Waals surface area (Å²) in [5.41, 5.74) is 7.43. The van der Waals surface area contributed by atoms with Crippen LogP contribution in [0.1, 0.15) is 24.6 Å². The normalized spacial score (nSPS) is 10.4. The lowest BCUT2D eigenvalue weighted by Gasteiger charge is -2.08. The van der Waals surface area contributed by atoms with Gasteiger partial charge >= 0.3 is 0 Å². The summed E-state index contributed by atoms with van der Waals surface area (Å²) in [5, 5.41) is 9.64. The van der Waals surface area contributed by atoms with E-state index in [0.717, 1.165) is 17.7 Å². The van der Waals surface area contributed by atoms with E-state index in [2.05, 4.69) is 32.4 Å². The third kappa shape index (κ3) is 3.57. The first-order valence-corrected chi connectivity index (χ1v) is 6.19. The van der Waals surface area contributed by atoms with E-state index < -0.39 is 0 Å². The first kappa shape index (κ1) is 13.1. The number of hydrogen-bond donors (Lipinski definition) is 3. The summed E-state index contributed by atoms with van der Waals surface area (Å²) in [4.78, 5) is 8.58. The zero-order chi connectivity index (χ0) is 13.7. The molecular weight excluding hydrogens is 244 g/mol. The lowest BCUT2D eigenvalue weighted by molar-refractivity contribution is 0.305. The number of rotatable bonds is 6. The Balaban J connectivity index is 2.03. The Labute approximate surface area is 111 Å². The van der Waals surface area contributed by atoms with Gasteiger partial charge in [-0.2, -0.15) is 10.1 Å². The van der Waals surface area contributed by atoms with Gasteiger partial charge in [-0.1, -0.05) is 6.92 Å². The van der Waals surface area contributed by atoms with Gasteiger partial charge in [-0.15, -0.1) is 0 Å². The molecule has 0 saturated heterocycles. The molecule has 0 bridgehead atoms. The van der Waals surface area contributed by atoms with Gasteiger partial charge in [0.2, 0.25) is 11.8 Å². The third-order valence-electron chi connectivity index (χ3n) is 2.47. The van der Waals surface area contributed by atoms with Gasteiger partial charge in [0.25, 0.3) is 0 Å². The fourth-order valence-electron chi connectivity index (χ4n) is 1.54. The fourth-order valence-corrected chi connectivity index (χ4v) is 1.54. The second-order valence-corrected chi connectivity index (χ2v) is 4.18. The highest BCUT2D eigenvalue weighted by molar-refractivity contribution is 5.40. The van der Waals surface area contributed by atoms with Crippen LogP contribution in [0.25, 0.3) is 0 Å². The van der Waals surface area contributed by atoms with E-state index in [9.17, 15) is 0 Å². The van der Waals surface area contributed by atoms with Crippen molar-refractivity contribution in [1.82, 2.24) is 20.2 Å². The van der Waals surface area contributed by atoms with Crippen LogP contribution in [0.15, 0.2) is 12.3 Å². The summed E-state index contributed by atoms with van der Waals surface area (Å²) < 4.78 is 5.50. The van der Waals surface area contributed by atoms with Crippen molar-refractivity contribution in [2.45, 2.75) is 26.8 Å². The van der Waals surface area contributed by atoms with Gasteiger partial charge < -0.3 is 15.8 Å². The number of nitrogens with two attached hydrogens (primary N) is 1. The molecule has 2 rings (SSSR count). The van der Waals surface area contributed by atoms with Gasteiger partial charge in [-0.3, -0.25) is 5.10 Å². The Bertz CT molecular complexity index is 539. The molecule has 0 saturated carbocycles. The number of aryl methyl sites for hydroxylation is 1. The van der Waals surface area contributed by atoms with Gasteiger partial charge in [0, 0.05) is 23.9 Å². The van der Waals surface area contributed by atoms with Gasteiger partial charge in [-0.05, 0) is 13.3 Å². The molecule has 0 fully saturated rings. The summed E-state index contributed by atoms with van der Waals surface area (Å²) >= 11 is 0. The largest absolute Gasteiger partial charge is 0.478 e. The van der Waals surface area contributed by atoms with Crippen LogP contribution in [0, 0.1) is 6.92 Å². The number of nitrogens with one attached hydrogen (secondary N) is 2. The van der Waals surface area contributed by atoms with Gasteiger partial charge in [0.15, 0.2) is 0 Å². The van der Waals surface area contributed by atoms with Crippen LogP contribution in [-0.4, -0.2) is 26.8 Å². The molecular formula is C12H18N6O. The molecule has 0 aliphatic heterocycles. The lowest BCUT2D eigenvalue weighted by atomic mass is 10.3. The molecule has 102 valence electrons. The monoisotopic (exact) mass is 262 g/mol. The van der Waals surface area contributed by atoms with Crippen molar-refractivity contribution in [3.63, 3.8) is 0 Å². The van der Waals surface area contributed by atoms with E-state index in [1.807, 2.05) is 13.0 Å². The maximum Gasteiger partial charge on any atom is 0.226 e. The number of hydrogen-bond acceptors (Lipinski definition) is 6. The van der Waals surface area contributed by atoms with E-state index in [1.54, 1.807) is 6.20 Å². The third-order valence-corrected chi connectivity index (χ3v) is 2.47. The van der Waals surface area contributed by atoms with Crippen LogP contribution in [-0.2, 0) is 6.54 Å². The van der Waals surface area contributed by atoms with Gasteiger partial charge in [0.1, 0.15) is 5.82 Å². The predicted octanol–water partition coefficient (Wildman–Crippen LogP) is 1.49. The summed E-state index contributed by atoms with van der Waals surface area (Å²) in [5.74, 6) is 1.64. The Kier molecular flexibility index (Phi) is 4.17. The second kappa shape index (κ2) is 6.03. The number of ether oxygens (including phenoxy) is 1. The quantitative estimate of drug-likeness (QED) is 0.729. The average Bonchev–Trinajstić information content (AvgIpc) is 2.79. The van der Waals surface area contributed by atoms with Crippen molar-refractivity contribution in [2.24, 2.45) is 0 Å². The predicted molar refractivity (Wildman–Crippen MR) is 72.9 cm³/mol. The van der Waals surface area contributed by atoms with Crippen LogP contribution >= 0.6 is 0 Å². The minimum Gasteiger partial charge on any atom is -0.478 e. The van der Waals surface area contributed by atoms with Crippen LogP contribution in [0.4, 0.5) is 11.8 Å². The number of aromatic nitrogens is 4. The molecule has 0 unspecified atom stereocenters. The Morgan fingerprint density at radius 3 is 2.95 bits per heavy atom. The number of H-pyrrole nitrogens is 1. The van der Waals surface area contributed by atoms with Crippen molar-refractivity contribution in [3.05, 3.63) is 23.5 Å². The van der Waals surface area contributed by atoms with Crippen molar-refractivity contribution < 1.29 is 4.74 Å². The highest BCUT2D eigenvalue weighted by Crippen LogP contribution is 2.14. The SMILES string of the molecule is CCCOc1cc(C)nc(NCc2cn[nH]c2N)n1. The Morgan fingerprint density at radius 2 is 2.26 bits per heavy atom. The van der Waals surface area contributed by atoms with E-state index in [1.165, 1.54) is 0 Å². The highest BCUT2D eigenvalue weighted by Gasteiger charge is 2.05. The minimum atomic E-state index is 0.513. The van der Waals surface area contributed by atoms with E-state index in [0.29, 0.717) is 30.8 Å². The van der Waals surface area contributed by atoms with E-state index in [-0.39, 0.29) is 0 Å². The molecule has 0 aliphatic rings. The molecule has 0 aromatic carbocycles. The van der Waals surface area contributed by atoms with Crippen LogP contribution in [0.2, 0.25) is 0 Å². The molecule has 7 heteroatoms. The summed E-state index contributed by atoms with van der Waals surface area (Å²) in [6.45, 7) is 5.11. The maximum atomic E-state index is 5.71. The topological polar surface area (TPSA) is 102 Å². The summed E-state index contributed by atoms with van der Waals surface area (Å²) in [6, 6.07) is 1.81. The standard InChI is InChI=1S/C12H18N6O/c1-3-4-19-10-5-8(2)16-12(17-10)14-6-9-7-15-18-11(9)13/h5,7H,3-4,6H2,1-2H3,(H3,13,15,18)(H,14,16,17). The van der Waals surface area contributed by atoms with E-state index >= 15 is 0 Å². The molecule has 4 N–H and O–H groups in total. The molecule has 2 aromatic rings. The minimum absolute atomic E-state index is 0.513. The molecule has 0 atom stereocenters. The highest BCUT2D eigenvalue weighted by atomic mass is 16.5. The van der Waals surface area contributed by atoms with Gasteiger partial charge in [0.05, 0.1) is 12.8 Å². The Hall–Kier alpha value is -2.31. The van der Waals surface area contributed by atoms with Crippen molar-refractivity contribution in [1.29, 1.82) is 0 Å². The number of nitrogen functional groups attached to an aromatic ring is 1. The first-order valence-electron chi connectivity index (χ1n) is 6.19. The number of anilines is 2. The molecule has 19 heavy (non-hydrogen) atoms. The molecule has 2 aromatic heterocycles. The van der Waals surface area contributed by atoms with Crippen molar-refractivity contribution in [3.8, 4) is 5.88 Å². The van der Waals surface area contributed by atoms with E-state index in [4.69, 9.17) is 10.5 Å². The van der Waals surface area contributed by atoms with Crippen molar-refractivity contribution >= 4 is 11.8 Å². The number of nitrogens with zero attached hydrogens (tertiary/aromatic N) is 3. The smallest absolute Gasteiger partial charge is 0.226 e. The fraction of sp³-hybridized carbons (Fsp3) is 0.417. The van der Waals surface area contributed by atoms with Gasteiger partial charge in [-0.25, -0.2) is 4.98 Å². The summed E-state index contributed by atoms with van der Waals surface area (Å²) in [7, 11) is 0. The zero-order valence-electron chi connectivity index (χ0n) is 11.1. The Morgan fingerprint density at radius 1 is 1.42 bits per heavy atom. The lowest BCUT2D eigenvalue weighted by Crippen LogP contribution is -2.07. The average molecular weight is 262 g/mol. The molecule has 7 nitrogen and oxygen atoms in total. The zero-order valence-corrected chi connectivity index (χ0v) is 11.1. The molecule has 0 aliphatic carbocycles. The molecule has 0 amide bonds. The molecule has 0 spiro atoms. The van der Waals surface area contributed by atoms with Crippen LogP contribution in [0.5, 0.6) is 5.88 Å². The van der Waals surface area contributed by atoms with Crippen LogP contribution in [0.3, 0.4) is 0 Å². The summed E-state index contributed by atoms with van der Waals surface area (Å²) in [6.07, 6.45) is 2.62. The second-order valence-electron chi connectivity index (χ2n) is 4.18. The maximum absolute atomic E-state index is 5.71.